The monoisotopic (exact) mass is 147 g/mol. The fourth-order valence-corrected chi connectivity index (χ4v) is 1.39. The van der Waals surface area contributed by atoms with E-state index in [-0.39, 0.29) is 0 Å². The van der Waals surface area contributed by atoms with Crippen molar-refractivity contribution in [3.63, 3.8) is 0 Å². The highest BCUT2D eigenvalue weighted by molar-refractivity contribution is 5.28. The van der Waals surface area contributed by atoms with Crippen LogP contribution in [0.4, 0.5) is 0 Å². The lowest BCUT2D eigenvalue weighted by Gasteiger charge is -1.96. The predicted molar refractivity (Wildman–Crippen MR) is 46.5 cm³/mol. The normalized spacial score (nSPS) is 28.5. The van der Waals surface area contributed by atoms with Crippen LogP contribution >= 0.6 is 0 Å². The molecule has 0 bridgehead atoms. The average molecular weight is 147 g/mol. The van der Waals surface area contributed by atoms with Crippen molar-refractivity contribution in [3.05, 3.63) is 35.4 Å². The molecule has 1 fully saturated rings. The fourth-order valence-electron chi connectivity index (χ4n) is 1.39. The quantitative estimate of drug-likeness (QED) is 0.603. The van der Waals surface area contributed by atoms with Crippen LogP contribution in [0, 0.1) is 6.92 Å². The van der Waals surface area contributed by atoms with Gasteiger partial charge in [0, 0.05) is 12.1 Å². The molecular weight excluding hydrogens is 134 g/mol. The molecule has 0 aliphatic carbocycles. The Kier molecular flexibility index (Phi) is 1.46. The first-order chi connectivity index (χ1) is 5.27. The maximum atomic E-state index is 3.37. The Labute approximate surface area is 67.4 Å². The molecule has 2 atom stereocenters. The van der Waals surface area contributed by atoms with Gasteiger partial charge in [0.05, 0.1) is 0 Å². The van der Waals surface area contributed by atoms with Gasteiger partial charge in [0.15, 0.2) is 0 Å². The van der Waals surface area contributed by atoms with Crippen molar-refractivity contribution in [2.45, 2.75) is 25.9 Å². The highest BCUT2D eigenvalue weighted by atomic mass is 15.1. The number of benzene rings is 1. The van der Waals surface area contributed by atoms with Gasteiger partial charge in [-0.05, 0) is 19.4 Å². The zero-order valence-corrected chi connectivity index (χ0v) is 6.96. The highest BCUT2D eigenvalue weighted by Crippen LogP contribution is 2.28. The van der Waals surface area contributed by atoms with Crippen LogP contribution in [0.3, 0.4) is 0 Å². The molecule has 2 rings (SSSR count). The van der Waals surface area contributed by atoms with E-state index in [0.717, 1.165) is 0 Å². The van der Waals surface area contributed by atoms with E-state index >= 15 is 0 Å². The molecule has 1 N–H and O–H groups in total. The first kappa shape index (κ1) is 6.86. The minimum absolute atomic E-state index is 0.621. The molecule has 2 unspecified atom stereocenters. The Morgan fingerprint density at radius 3 is 2.18 bits per heavy atom. The summed E-state index contributed by atoms with van der Waals surface area (Å²) in [6.45, 7) is 4.33. The second-order valence-corrected chi connectivity index (χ2v) is 3.34. The van der Waals surface area contributed by atoms with Crippen LogP contribution in [0.25, 0.3) is 0 Å². The molecule has 11 heavy (non-hydrogen) atoms. The lowest BCUT2D eigenvalue weighted by Crippen LogP contribution is -1.83. The summed E-state index contributed by atoms with van der Waals surface area (Å²) in [5.41, 5.74) is 2.75. The van der Waals surface area contributed by atoms with E-state index in [4.69, 9.17) is 0 Å². The molecule has 1 aromatic carbocycles. The molecule has 1 heterocycles. The smallest absolute Gasteiger partial charge is 0.0476 e. The zero-order chi connectivity index (χ0) is 7.84. The number of hydrogen-bond donors (Lipinski definition) is 1. The lowest BCUT2D eigenvalue weighted by molar-refractivity contribution is 1.03. The Hall–Kier alpha value is -0.820. The van der Waals surface area contributed by atoms with Gasteiger partial charge >= 0.3 is 0 Å². The summed E-state index contributed by atoms with van der Waals surface area (Å²) in [6.07, 6.45) is 0. The van der Waals surface area contributed by atoms with Crippen molar-refractivity contribution in [2.75, 3.05) is 0 Å². The topological polar surface area (TPSA) is 21.9 Å². The van der Waals surface area contributed by atoms with Gasteiger partial charge in [-0.3, -0.25) is 0 Å². The first-order valence-electron chi connectivity index (χ1n) is 4.10. The summed E-state index contributed by atoms with van der Waals surface area (Å²) in [4.78, 5) is 0. The van der Waals surface area contributed by atoms with E-state index in [1.807, 2.05) is 0 Å². The molecule has 0 aromatic heterocycles. The van der Waals surface area contributed by atoms with Crippen molar-refractivity contribution >= 4 is 0 Å². The van der Waals surface area contributed by atoms with Crippen LogP contribution in [0.5, 0.6) is 0 Å². The van der Waals surface area contributed by atoms with Crippen molar-refractivity contribution in [1.82, 2.24) is 5.32 Å². The molecule has 0 radical (unpaired) electrons. The summed E-state index contributed by atoms with van der Waals surface area (Å²) in [5.74, 6) is 0. The number of nitrogens with one attached hydrogen (secondary N) is 1. The first-order valence-corrected chi connectivity index (χ1v) is 4.10. The summed E-state index contributed by atoms with van der Waals surface area (Å²) in [5, 5.41) is 3.37. The minimum Gasteiger partial charge on any atom is -0.304 e. The molecule has 58 valence electrons. The summed E-state index contributed by atoms with van der Waals surface area (Å²) >= 11 is 0. The summed E-state index contributed by atoms with van der Waals surface area (Å²) in [6, 6.07) is 10.0. The van der Waals surface area contributed by atoms with E-state index in [1.165, 1.54) is 11.1 Å². The Bertz CT molecular complexity index is 250. The standard InChI is InChI=1S/C10H13N/c1-7-3-5-9(6-4-7)10-8(2)11-10/h3-6,8,10-11H,1-2H3. The maximum Gasteiger partial charge on any atom is 0.0476 e. The number of aryl methyl sites for hydroxylation is 1. The maximum absolute atomic E-state index is 3.37. The van der Waals surface area contributed by atoms with Gasteiger partial charge in [0.25, 0.3) is 0 Å². The van der Waals surface area contributed by atoms with Crippen LogP contribution in [-0.4, -0.2) is 6.04 Å². The van der Waals surface area contributed by atoms with Crippen LogP contribution in [-0.2, 0) is 0 Å². The molecule has 1 aliphatic heterocycles. The van der Waals surface area contributed by atoms with Gasteiger partial charge in [-0.1, -0.05) is 29.8 Å². The van der Waals surface area contributed by atoms with Crippen LogP contribution in [0.15, 0.2) is 24.3 Å². The van der Waals surface area contributed by atoms with Gasteiger partial charge in [0.2, 0.25) is 0 Å². The third-order valence-electron chi connectivity index (χ3n) is 2.27. The SMILES string of the molecule is Cc1ccc(C2NC2C)cc1. The van der Waals surface area contributed by atoms with Crippen LogP contribution in [0.1, 0.15) is 24.1 Å². The zero-order valence-electron chi connectivity index (χ0n) is 6.96. The Balaban J connectivity index is 2.21. The minimum atomic E-state index is 0.621. The van der Waals surface area contributed by atoms with Gasteiger partial charge in [-0.25, -0.2) is 0 Å². The molecule has 1 saturated heterocycles. The molecule has 0 amide bonds. The van der Waals surface area contributed by atoms with Crippen molar-refractivity contribution in [2.24, 2.45) is 0 Å². The van der Waals surface area contributed by atoms with Crippen molar-refractivity contribution in [3.8, 4) is 0 Å². The molecular formula is C10H13N. The molecule has 1 aromatic rings. The van der Waals surface area contributed by atoms with Gasteiger partial charge in [-0.15, -0.1) is 0 Å². The molecule has 0 spiro atoms. The fraction of sp³-hybridized carbons (Fsp3) is 0.400. The third-order valence-corrected chi connectivity index (χ3v) is 2.27. The molecule has 1 aliphatic rings. The van der Waals surface area contributed by atoms with E-state index in [1.54, 1.807) is 0 Å². The van der Waals surface area contributed by atoms with Crippen LogP contribution in [0.2, 0.25) is 0 Å². The predicted octanol–water partition coefficient (Wildman–Crippen LogP) is 2.03. The molecule has 1 heteroatoms. The van der Waals surface area contributed by atoms with Crippen molar-refractivity contribution in [1.29, 1.82) is 0 Å². The summed E-state index contributed by atoms with van der Waals surface area (Å²) < 4.78 is 0. The lowest BCUT2D eigenvalue weighted by atomic mass is 10.1. The van der Waals surface area contributed by atoms with Gasteiger partial charge in [-0.2, -0.15) is 0 Å². The third kappa shape index (κ3) is 1.29. The number of hydrogen-bond acceptors (Lipinski definition) is 1. The Morgan fingerprint density at radius 1 is 1.18 bits per heavy atom. The largest absolute Gasteiger partial charge is 0.304 e. The summed E-state index contributed by atoms with van der Waals surface area (Å²) in [7, 11) is 0. The van der Waals surface area contributed by atoms with Gasteiger partial charge < -0.3 is 5.32 Å². The van der Waals surface area contributed by atoms with E-state index < -0.39 is 0 Å². The van der Waals surface area contributed by atoms with Gasteiger partial charge in [0.1, 0.15) is 0 Å². The molecule has 0 saturated carbocycles. The van der Waals surface area contributed by atoms with E-state index in [9.17, 15) is 0 Å². The van der Waals surface area contributed by atoms with Crippen LogP contribution < -0.4 is 5.32 Å². The molecule has 1 nitrogen and oxygen atoms in total. The second kappa shape index (κ2) is 2.35. The number of rotatable bonds is 1. The van der Waals surface area contributed by atoms with E-state index in [0.29, 0.717) is 12.1 Å². The second-order valence-electron chi connectivity index (χ2n) is 3.34. The van der Waals surface area contributed by atoms with E-state index in [2.05, 4.69) is 43.4 Å². The average Bonchev–Trinajstić information content (AvgIpc) is 2.69. The van der Waals surface area contributed by atoms with Crippen molar-refractivity contribution < 1.29 is 0 Å². The Morgan fingerprint density at radius 2 is 1.73 bits per heavy atom. The highest BCUT2D eigenvalue weighted by Gasteiger charge is 2.32.